The van der Waals surface area contributed by atoms with Crippen molar-refractivity contribution in [1.82, 2.24) is 25.1 Å². The molecule has 2 aromatic heterocycles. The van der Waals surface area contributed by atoms with Crippen molar-refractivity contribution in [2.45, 2.75) is 44.4 Å². The number of benzene rings is 2. The minimum atomic E-state index is -1.52. The lowest BCUT2D eigenvalue weighted by Gasteiger charge is -2.39. The van der Waals surface area contributed by atoms with Crippen molar-refractivity contribution >= 4 is 0 Å². The molecule has 4 aromatic rings. The highest BCUT2D eigenvalue weighted by Gasteiger charge is 2.47. The van der Waals surface area contributed by atoms with Crippen LogP contribution in [-0.2, 0) is 12.3 Å². The topological polar surface area (TPSA) is 129 Å². The van der Waals surface area contributed by atoms with E-state index >= 15 is 0 Å². The van der Waals surface area contributed by atoms with E-state index in [1.807, 2.05) is 6.07 Å². The average Bonchev–Trinajstić information content (AvgIpc) is 3.44. The lowest BCUT2D eigenvalue weighted by atomic mass is 9.96. The molecule has 0 fully saturated rings. The largest absolute Gasteiger partial charge is 0.508 e. The molecule has 10 heteroatoms. The van der Waals surface area contributed by atoms with Gasteiger partial charge in [0, 0.05) is 30.1 Å². The highest BCUT2D eigenvalue weighted by Crippen LogP contribution is 2.47. The molecule has 0 saturated heterocycles. The number of halogens is 1. The van der Waals surface area contributed by atoms with Gasteiger partial charge in [-0.2, -0.15) is 0 Å². The van der Waals surface area contributed by atoms with E-state index in [9.17, 15) is 19.7 Å². The van der Waals surface area contributed by atoms with Gasteiger partial charge in [0.25, 0.3) is 5.89 Å². The summed E-state index contributed by atoms with van der Waals surface area (Å²) in [4.78, 5) is 10.4. The fourth-order valence-corrected chi connectivity index (χ4v) is 4.43. The number of aliphatic hydroxyl groups is 2. The lowest BCUT2D eigenvalue weighted by Crippen LogP contribution is -2.43. The maximum Gasteiger partial charge on any atom is 0.250 e. The van der Waals surface area contributed by atoms with Crippen LogP contribution in [0.1, 0.15) is 60.6 Å². The van der Waals surface area contributed by atoms with Gasteiger partial charge < -0.3 is 19.7 Å². The molecule has 4 atom stereocenters. The third kappa shape index (κ3) is 4.16. The number of nitrogens with zero attached hydrogens (tertiary/aromatic N) is 5. The van der Waals surface area contributed by atoms with Gasteiger partial charge in [-0.3, -0.25) is 4.90 Å². The van der Waals surface area contributed by atoms with Crippen LogP contribution >= 0.6 is 0 Å². The van der Waals surface area contributed by atoms with E-state index in [2.05, 4.69) is 20.2 Å². The highest BCUT2D eigenvalue weighted by molar-refractivity contribution is 5.57. The molecule has 180 valence electrons. The van der Waals surface area contributed by atoms with Gasteiger partial charge in [0.1, 0.15) is 29.4 Å². The normalized spacial score (nSPS) is 20.4. The zero-order valence-electron chi connectivity index (χ0n) is 19.1. The third-order valence-electron chi connectivity index (χ3n) is 6.27. The molecule has 1 aliphatic heterocycles. The molecule has 0 bridgehead atoms. The molecule has 5 rings (SSSR count). The number of fused-ring (bicyclic) bond motifs is 1. The summed E-state index contributed by atoms with van der Waals surface area (Å²) in [6.07, 6.45) is 0.655. The number of aliphatic hydroxyl groups excluding tert-OH is 1. The first-order valence-electron chi connectivity index (χ1n) is 11.1. The first-order valence-corrected chi connectivity index (χ1v) is 11.1. The Labute approximate surface area is 200 Å². The predicted octanol–water partition coefficient (Wildman–Crippen LogP) is 3.72. The summed E-state index contributed by atoms with van der Waals surface area (Å²) in [6, 6.07) is 12.4. The molecule has 0 amide bonds. The Balaban J connectivity index is 1.54. The molecule has 0 radical (unpaired) electrons. The van der Waals surface area contributed by atoms with Gasteiger partial charge in [-0.15, -0.1) is 10.2 Å². The highest BCUT2D eigenvalue weighted by atomic mass is 19.1. The van der Waals surface area contributed by atoms with Crippen LogP contribution in [0.5, 0.6) is 5.75 Å². The summed E-state index contributed by atoms with van der Waals surface area (Å²) >= 11 is 0. The number of hydrogen-bond donors (Lipinski definition) is 3. The van der Waals surface area contributed by atoms with Crippen LogP contribution in [0.25, 0.3) is 11.5 Å². The standard InChI is InChI=1S/C25H24FN5O4/c1-14(26)23-29-30-24(35-23)16-4-5-17-13-31(25(2,34)19(17)12-16)20(22-27-10-3-11-28-22)21(33)15-6-8-18(32)9-7-15/h3-12,14,20-21,32-34H,13H2,1-2H3/t14?,20-,21-,25?/m0/s1. The van der Waals surface area contributed by atoms with Gasteiger partial charge in [0.15, 0.2) is 6.17 Å². The van der Waals surface area contributed by atoms with E-state index in [0.29, 0.717) is 29.1 Å². The lowest BCUT2D eigenvalue weighted by molar-refractivity contribution is -0.139. The monoisotopic (exact) mass is 477 g/mol. The first kappa shape index (κ1) is 23.0. The molecule has 0 spiro atoms. The molecule has 2 unspecified atom stereocenters. The molecule has 0 saturated carbocycles. The number of phenols is 1. The average molecular weight is 477 g/mol. The van der Waals surface area contributed by atoms with Gasteiger partial charge in [0.2, 0.25) is 5.89 Å². The molecule has 3 N–H and O–H groups in total. The number of alkyl halides is 1. The molecular weight excluding hydrogens is 453 g/mol. The molecule has 9 nitrogen and oxygen atoms in total. The number of aromatic nitrogens is 4. The summed E-state index contributed by atoms with van der Waals surface area (Å²) in [7, 11) is 0. The maximum atomic E-state index is 13.6. The second-order valence-electron chi connectivity index (χ2n) is 8.67. The Hall–Kier alpha value is -3.73. The van der Waals surface area contributed by atoms with Crippen LogP contribution in [0.2, 0.25) is 0 Å². The van der Waals surface area contributed by atoms with Gasteiger partial charge in [-0.05, 0) is 55.3 Å². The molecule has 1 aliphatic rings. The van der Waals surface area contributed by atoms with Crippen LogP contribution in [-0.4, -0.2) is 40.4 Å². The zero-order chi connectivity index (χ0) is 24.7. The van der Waals surface area contributed by atoms with Gasteiger partial charge in [-0.25, -0.2) is 14.4 Å². The molecule has 0 aliphatic carbocycles. The number of rotatable bonds is 6. The number of aromatic hydroxyl groups is 1. The van der Waals surface area contributed by atoms with E-state index in [-0.39, 0.29) is 17.5 Å². The van der Waals surface area contributed by atoms with Crippen LogP contribution in [0.4, 0.5) is 4.39 Å². The van der Waals surface area contributed by atoms with Crippen LogP contribution in [0.15, 0.2) is 65.3 Å². The summed E-state index contributed by atoms with van der Waals surface area (Å²) in [5.74, 6) is 0.438. The Morgan fingerprint density at radius 1 is 1.09 bits per heavy atom. The minimum Gasteiger partial charge on any atom is -0.508 e. The van der Waals surface area contributed by atoms with Crippen molar-refractivity contribution in [2.75, 3.05) is 0 Å². The second-order valence-corrected chi connectivity index (χ2v) is 8.67. The Morgan fingerprint density at radius 3 is 2.46 bits per heavy atom. The van der Waals surface area contributed by atoms with Crippen LogP contribution in [0.3, 0.4) is 0 Å². The summed E-state index contributed by atoms with van der Waals surface area (Å²) in [5, 5.41) is 40.5. The fraction of sp³-hybridized carbons (Fsp3) is 0.280. The van der Waals surface area contributed by atoms with Crippen molar-refractivity contribution in [2.24, 2.45) is 0 Å². The Morgan fingerprint density at radius 2 is 1.80 bits per heavy atom. The summed E-state index contributed by atoms with van der Waals surface area (Å²) in [5.41, 5.74) is 0.963. The first-order chi connectivity index (χ1) is 16.8. The van der Waals surface area contributed by atoms with Crippen molar-refractivity contribution in [3.63, 3.8) is 0 Å². The Bertz CT molecular complexity index is 1330. The fourth-order valence-electron chi connectivity index (χ4n) is 4.43. The van der Waals surface area contributed by atoms with Crippen LogP contribution in [0, 0.1) is 0 Å². The third-order valence-corrected chi connectivity index (χ3v) is 6.27. The van der Waals surface area contributed by atoms with E-state index in [4.69, 9.17) is 4.42 Å². The van der Waals surface area contributed by atoms with Crippen molar-refractivity contribution in [1.29, 1.82) is 0 Å². The van der Waals surface area contributed by atoms with E-state index in [0.717, 1.165) is 5.56 Å². The second kappa shape index (κ2) is 8.81. The SMILES string of the molecule is CC(F)c1nnc(-c2ccc3c(c2)C(C)(O)N([C@H](c2ncccn2)[C@@H](O)c2ccc(O)cc2)C3)o1. The Kier molecular flexibility index (Phi) is 5.79. The number of phenolic OH excluding ortho intramolecular Hbond substituents is 1. The van der Waals surface area contributed by atoms with Crippen molar-refractivity contribution in [3.05, 3.63) is 89.3 Å². The van der Waals surface area contributed by atoms with E-state index in [1.165, 1.54) is 19.1 Å². The quantitative estimate of drug-likeness (QED) is 0.380. The molecule has 35 heavy (non-hydrogen) atoms. The van der Waals surface area contributed by atoms with Gasteiger partial charge >= 0.3 is 0 Å². The van der Waals surface area contributed by atoms with Gasteiger partial charge in [-0.1, -0.05) is 18.2 Å². The van der Waals surface area contributed by atoms with E-state index < -0.39 is 24.0 Å². The van der Waals surface area contributed by atoms with Crippen LogP contribution < -0.4 is 0 Å². The smallest absolute Gasteiger partial charge is 0.250 e. The molecular formula is C25H24FN5O4. The minimum absolute atomic E-state index is 0.0768. The maximum absolute atomic E-state index is 13.6. The van der Waals surface area contributed by atoms with Gasteiger partial charge in [0.05, 0.1) is 0 Å². The van der Waals surface area contributed by atoms with E-state index in [1.54, 1.807) is 54.5 Å². The van der Waals surface area contributed by atoms with Crippen molar-refractivity contribution in [3.8, 4) is 17.2 Å². The summed E-state index contributed by atoms with van der Waals surface area (Å²) in [6.45, 7) is 3.25. The number of hydrogen-bond acceptors (Lipinski definition) is 9. The molecule has 3 heterocycles. The predicted molar refractivity (Wildman–Crippen MR) is 122 cm³/mol. The molecule has 2 aromatic carbocycles. The summed E-state index contributed by atoms with van der Waals surface area (Å²) < 4.78 is 19.0. The zero-order valence-corrected chi connectivity index (χ0v) is 19.1. The van der Waals surface area contributed by atoms with Crippen molar-refractivity contribution < 1.29 is 24.1 Å².